The number of nitrogens with one attached hydrogen (secondary N) is 1. The molecule has 0 spiro atoms. The molecule has 1 fully saturated rings. The molecule has 3 N–H and O–H groups in total. The molecule has 0 radical (unpaired) electrons. The van der Waals surface area contributed by atoms with Crippen LogP contribution in [-0.4, -0.2) is 32.1 Å². The number of rotatable bonds is 7. The van der Waals surface area contributed by atoms with Crippen molar-refractivity contribution in [2.75, 3.05) is 25.6 Å². The van der Waals surface area contributed by atoms with Crippen LogP contribution in [-0.2, 0) is 14.3 Å². The first-order chi connectivity index (χ1) is 12.0. The highest BCUT2D eigenvalue weighted by molar-refractivity contribution is 5.92. The van der Waals surface area contributed by atoms with E-state index in [0.29, 0.717) is 18.7 Å². The van der Waals surface area contributed by atoms with Crippen LogP contribution in [0.4, 0.5) is 5.69 Å². The van der Waals surface area contributed by atoms with Gasteiger partial charge in [0.05, 0.1) is 7.11 Å². The molecule has 2 rings (SSSR count). The normalized spacial score (nSPS) is 15.5. The Hall–Kier alpha value is -1.79. The first-order valence-electron chi connectivity index (χ1n) is 8.78. The highest BCUT2D eigenvalue weighted by Gasteiger charge is 2.33. The van der Waals surface area contributed by atoms with Crippen LogP contribution in [0, 0.1) is 12.3 Å². The van der Waals surface area contributed by atoms with Crippen LogP contribution in [0.1, 0.15) is 44.1 Å². The van der Waals surface area contributed by atoms with Gasteiger partial charge in [-0.2, -0.15) is 0 Å². The molecule has 0 unspecified atom stereocenters. The number of nitrogens with two attached hydrogens (primary N) is 1. The molecule has 1 aromatic rings. The molecule has 7 heteroatoms. The van der Waals surface area contributed by atoms with E-state index in [1.807, 2.05) is 6.92 Å². The van der Waals surface area contributed by atoms with E-state index in [1.165, 1.54) is 13.5 Å². The van der Waals surface area contributed by atoms with Gasteiger partial charge in [0.1, 0.15) is 5.75 Å². The fraction of sp³-hybridized carbons (Fsp3) is 0.579. The number of ether oxygens (including phenoxy) is 2. The molecule has 1 saturated carbocycles. The van der Waals surface area contributed by atoms with E-state index in [1.54, 1.807) is 18.2 Å². The van der Waals surface area contributed by atoms with Crippen molar-refractivity contribution >= 4 is 30.0 Å². The summed E-state index contributed by atoms with van der Waals surface area (Å²) in [7, 11) is 1.32. The second kappa shape index (κ2) is 10.4. The summed E-state index contributed by atoms with van der Waals surface area (Å²) in [6, 6.07) is 5.30. The molecule has 0 atom stereocenters. The third-order valence-corrected chi connectivity index (χ3v) is 4.94. The summed E-state index contributed by atoms with van der Waals surface area (Å²) in [6.07, 6.45) is 6.04. The van der Waals surface area contributed by atoms with Crippen molar-refractivity contribution in [1.82, 2.24) is 0 Å². The Morgan fingerprint density at radius 2 is 1.92 bits per heavy atom. The van der Waals surface area contributed by atoms with Gasteiger partial charge in [0, 0.05) is 12.1 Å². The molecule has 0 aliphatic heterocycles. The van der Waals surface area contributed by atoms with E-state index in [9.17, 15) is 9.59 Å². The number of halogens is 1. The molecule has 0 saturated heterocycles. The molecule has 6 nitrogen and oxygen atoms in total. The number of benzene rings is 1. The van der Waals surface area contributed by atoms with Crippen molar-refractivity contribution in [3.8, 4) is 5.75 Å². The standard InChI is InChI=1S/C19H28N2O4.ClH/c1-14-10-15(25-12-18(23)24-2)6-7-16(14)21-17(22)11-19(13-20)8-4-3-5-9-19;/h6-7,10H,3-5,8-9,11-13,20H2,1-2H3,(H,21,22);1H. The SMILES string of the molecule is COC(=O)COc1ccc(NC(=O)CC2(CN)CCCCC2)c(C)c1.Cl. The van der Waals surface area contributed by atoms with Gasteiger partial charge in [0.2, 0.25) is 5.91 Å². The van der Waals surface area contributed by atoms with Crippen molar-refractivity contribution in [2.45, 2.75) is 45.4 Å². The maximum Gasteiger partial charge on any atom is 0.343 e. The van der Waals surface area contributed by atoms with Gasteiger partial charge in [-0.1, -0.05) is 19.3 Å². The van der Waals surface area contributed by atoms with Gasteiger partial charge in [-0.15, -0.1) is 12.4 Å². The molecule has 1 aromatic carbocycles. The zero-order valence-electron chi connectivity index (χ0n) is 15.5. The lowest BCUT2D eigenvalue weighted by atomic mass is 9.71. The molecule has 0 heterocycles. The summed E-state index contributed by atoms with van der Waals surface area (Å²) in [5, 5.41) is 2.98. The second-order valence-corrected chi connectivity index (χ2v) is 6.83. The number of aryl methyl sites for hydroxylation is 1. The van der Waals surface area contributed by atoms with Gasteiger partial charge in [-0.3, -0.25) is 4.79 Å². The highest BCUT2D eigenvalue weighted by Crippen LogP contribution is 2.38. The Morgan fingerprint density at radius 3 is 2.50 bits per heavy atom. The molecule has 26 heavy (non-hydrogen) atoms. The average molecular weight is 385 g/mol. The minimum absolute atomic E-state index is 0. The van der Waals surface area contributed by atoms with E-state index >= 15 is 0 Å². The lowest BCUT2D eigenvalue weighted by Gasteiger charge is -2.35. The number of hydrogen-bond acceptors (Lipinski definition) is 5. The van der Waals surface area contributed by atoms with E-state index < -0.39 is 5.97 Å². The van der Waals surface area contributed by atoms with Gasteiger partial charge in [0.25, 0.3) is 0 Å². The van der Waals surface area contributed by atoms with Crippen LogP contribution in [0.25, 0.3) is 0 Å². The van der Waals surface area contributed by atoms with Gasteiger partial charge in [-0.25, -0.2) is 4.79 Å². The van der Waals surface area contributed by atoms with Gasteiger partial charge in [-0.05, 0) is 55.5 Å². The Morgan fingerprint density at radius 1 is 1.23 bits per heavy atom. The third-order valence-electron chi connectivity index (χ3n) is 4.94. The summed E-state index contributed by atoms with van der Waals surface area (Å²) in [4.78, 5) is 23.6. The minimum atomic E-state index is -0.436. The summed E-state index contributed by atoms with van der Waals surface area (Å²) < 4.78 is 9.89. The van der Waals surface area contributed by atoms with Gasteiger partial charge in [0.15, 0.2) is 6.61 Å². The summed E-state index contributed by atoms with van der Waals surface area (Å²) in [6.45, 7) is 2.31. The first-order valence-corrected chi connectivity index (χ1v) is 8.78. The maximum atomic E-state index is 12.5. The molecule has 1 aliphatic rings. The van der Waals surface area contributed by atoms with Crippen LogP contribution in [0.15, 0.2) is 18.2 Å². The smallest absolute Gasteiger partial charge is 0.343 e. The number of anilines is 1. The summed E-state index contributed by atoms with van der Waals surface area (Å²) in [5.41, 5.74) is 7.53. The second-order valence-electron chi connectivity index (χ2n) is 6.83. The minimum Gasteiger partial charge on any atom is -0.482 e. The average Bonchev–Trinajstić information content (AvgIpc) is 2.62. The zero-order chi connectivity index (χ0) is 18.3. The van der Waals surface area contributed by atoms with Crippen LogP contribution in [0.3, 0.4) is 0 Å². The molecule has 1 aliphatic carbocycles. The Labute approximate surface area is 161 Å². The van der Waals surface area contributed by atoms with E-state index in [2.05, 4.69) is 10.1 Å². The van der Waals surface area contributed by atoms with Crippen LogP contribution < -0.4 is 15.8 Å². The number of methoxy groups -OCH3 is 1. The van der Waals surface area contributed by atoms with Crippen molar-refractivity contribution in [1.29, 1.82) is 0 Å². The molecule has 146 valence electrons. The highest BCUT2D eigenvalue weighted by atomic mass is 35.5. The Bertz CT molecular complexity index is 616. The van der Waals surface area contributed by atoms with Gasteiger partial charge < -0.3 is 20.5 Å². The maximum absolute atomic E-state index is 12.5. The van der Waals surface area contributed by atoms with Crippen molar-refractivity contribution < 1.29 is 19.1 Å². The largest absolute Gasteiger partial charge is 0.482 e. The zero-order valence-corrected chi connectivity index (χ0v) is 16.3. The quantitative estimate of drug-likeness (QED) is 0.704. The lowest BCUT2D eigenvalue weighted by Crippen LogP contribution is -2.36. The van der Waals surface area contributed by atoms with Crippen molar-refractivity contribution in [3.05, 3.63) is 23.8 Å². The first kappa shape index (κ1) is 22.3. The predicted molar refractivity (Wildman–Crippen MR) is 104 cm³/mol. The van der Waals surface area contributed by atoms with Crippen LogP contribution >= 0.6 is 12.4 Å². The summed E-state index contributed by atoms with van der Waals surface area (Å²) in [5.74, 6) is 0.125. The molecular formula is C19H29ClN2O4. The lowest BCUT2D eigenvalue weighted by molar-refractivity contribution is -0.142. The number of carbonyl (C=O) groups is 2. The monoisotopic (exact) mass is 384 g/mol. The van der Waals surface area contributed by atoms with Crippen molar-refractivity contribution in [2.24, 2.45) is 11.1 Å². The van der Waals surface area contributed by atoms with Gasteiger partial charge >= 0.3 is 5.97 Å². The number of esters is 1. The topological polar surface area (TPSA) is 90.6 Å². The fourth-order valence-electron chi connectivity index (χ4n) is 3.36. The number of carbonyl (C=O) groups excluding carboxylic acids is 2. The van der Waals surface area contributed by atoms with Crippen molar-refractivity contribution in [3.63, 3.8) is 0 Å². The van der Waals surface area contributed by atoms with Crippen LogP contribution in [0.5, 0.6) is 5.75 Å². The molecule has 0 bridgehead atoms. The number of hydrogen-bond donors (Lipinski definition) is 2. The van der Waals surface area contributed by atoms with E-state index in [4.69, 9.17) is 10.5 Å². The number of amides is 1. The third kappa shape index (κ3) is 6.18. The molecule has 0 aromatic heterocycles. The van der Waals surface area contributed by atoms with E-state index in [0.717, 1.165) is 36.9 Å². The Kier molecular flexibility index (Phi) is 8.88. The Balaban J connectivity index is 0.00000338. The van der Waals surface area contributed by atoms with Crippen LogP contribution in [0.2, 0.25) is 0 Å². The predicted octanol–water partition coefficient (Wildman–Crippen LogP) is 3.21. The fourth-order valence-corrected chi connectivity index (χ4v) is 3.36. The van der Waals surface area contributed by atoms with E-state index in [-0.39, 0.29) is 30.3 Å². The molecular weight excluding hydrogens is 356 g/mol. The summed E-state index contributed by atoms with van der Waals surface area (Å²) >= 11 is 0. The molecule has 1 amide bonds.